The molecule has 10 aromatic carbocycles. The number of hydrogen-bond acceptors (Lipinski definition) is 2. The van der Waals surface area contributed by atoms with Crippen LogP contribution in [-0.4, -0.2) is 67.3 Å². The van der Waals surface area contributed by atoms with Crippen molar-refractivity contribution in [2.45, 2.75) is 18.3 Å². The highest BCUT2D eigenvalue weighted by molar-refractivity contribution is 7.19. The van der Waals surface area contributed by atoms with Gasteiger partial charge in [0.05, 0.1) is 11.0 Å². The number of para-hydroxylation sites is 2. The molecule has 0 N–H and O–H groups in total. The Balaban J connectivity index is 0.954. The molecule has 0 unspecified atom stereocenters. The van der Waals surface area contributed by atoms with Gasteiger partial charge in [0.15, 0.2) is 0 Å². The number of hydrogen-bond donors (Lipinski definition) is 0. The minimum atomic E-state index is -0.498. The summed E-state index contributed by atoms with van der Waals surface area (Å²) in [6.07, 6.45) is 13.8. The number of rotatable bonds is 15. The van der Waals surface area contributed by atoms with Gasteiger partial charge in [0, 0.05) is 54.3 Å². The van der Waals surface area contributed by atoms with Crippen LogP contribution < -0.4 is 4.90 Å². The van der Waals surface area contributed by atoms with E-state index in [4.69, 9.17) is 12.8 Å². The van der Waals surface area contributed by atoms with E-state index in [-0.39, 0.29) is 0 Å². The minimum Gasteiger partial charge on any atom is -0.311 e. The highest BCUT2D eigenvalue weighted by Crippen LogP contribution is 2.64. The predicted molar refractivity (Wildman–Crippen MR) is 410 cm³/mol. The lowest BCUT2D eigenvalue weighted by Gasteiger charge is -2.36. The first-order chi connectivity index (χ1) is 43.8. The van der Waals surface area contributed by atoms with Crippen molar-refractivity contribution in [3.63, 3.8) is 0 Å². The van der Waals surface area contributed by atoms with Crippen molar-refractivity contribution < 1.29 is 0 Å². The third-order valence-corrected chi connectivity index (χ3v) is 20.5. The molecule has 2 nitrogen and oxygen atoms in total. The van der Waals surface area contributed by atoms with Gasteiger partial charge < -0.3 is 9.47 Å². The standard InChI is InChI=1S/C79H64B8N2S/c1-3-65(80)73(84)75(86)67(82)47-79(48-68(83)76(87)74(85)66(81)4-2)64-46-56(35-43-62(64)71-72(79)78(54-23-13-7-14-24-54)90-77(71)53-21-11-6-12-22-53)52-33-41-60(42-34-52)88(58-37-29-50(30-38-58)49-19-9-5-10-20-49)59-39-31-51(32-40-59)55-36-44-70-63(45-55)61-27-17-18-28-69(61)89(70)57-25-15-8-16-26-57/h1-2,5-46H,47-48,80-87H2/b73-65-,74-66-,75-67-,76-68-. The third-order valence-electron chi connectivity index (χ3n) is 19.2. The van der Waals surface area contributed by atoms with E-state index in [2.05, 4.69) is 339 Å². The van der Waals surface area contributed by atoms with Crippen LogP contribution in [0.5, 0.6) is 0 Å². The van der Waals surface area contributed by atoms with Gasteiger partial charge in [-0.2, -0.15) is 0 Å². The zero-order valence-corrected chi connectivity index (χ0v) is 53.4. The largest absolute Gasteiger partial charge is 0.311 e. The van der Waals surface area contributed by atoms with Crippen LogP contribution in [0.1, 0.15) is 24.0 Å². The summed E-state index contributed by atoms with van der Waals surface area (Å²) in [5.41, 5.74) is 30.4. The van der Waals surface area contributed by atoms with Crippen molar-refractivity contribution in [3.8, 4) is 95.8 Å². The van der Waals surface area contributed by atoms with Gasteiger partial charge in [0.1, 0.15) is 62.8 Å². The van der Waals surface area contributed by atoms with Crippen molar-refractivity contribution in [3.05, 3.63) is 310 Å². The van der Waals surface area contributed by atoms with E-state index in [1.165, 1.54) is 109 Å². The van der Waals surface area contributed by atoms with Crippen molar-refractivity contribution in [2.75, 3.05) is 4.90 Å². The van der Waals surface area contributed by atoms with E-state index in [1.54, 1.807) is 0 Å². The first kappa shape index (κ1) is 59.1. The van der Waals surface area contributed by atoms with Gasteiger partial charge in [-0.05, 0) is 158 Å². The molecule has 0 radical (unpaired) electrons. The van der Waals surface area contributed by atoms with E-state index in [0.29, 0.717) is 0 Å². The van der Waals surface area contributed by atoms with Gasteiger partial charge in [-0.15, -0.1) is 46.1 Å². The van der Waals surface area contributed by atoms with Crippen LogP contribution in [0, 0.1) is 24.7 Å². The summed E-state index contributed by atoms with van der Waals surface area (Å²) < 4.78 is 2.37. The van der Waals surface area contributed by atoms with E-state index in [9.17, 15) is 0 Å². The highest BCUT2D eigenvalue weighted by Gasteiger charge is 2.48. The molecule has 420 valence electrons. The van der Waals surface area contributed by atoms with E-state index >= 15 is 0 Å². The minimum absolute atomic E-state index is 0.498. The Hall–Kier alpha value is -9.90. The summed E-state index contributed by atoms with van der Waals surface area (Å²) in [5, 5.41) is 2.47. The first-order valence-corrected chi connectivity index (χ1v) is 32.0. The zero-order chi connectivity index (χ0) is 62.2. The Morgan fingerprint density at radius 3 is 1.30 bits per heavy atom. The van der Waals surface area contributed by atoms with Crippen LogP contribution in [-0.2, 0) is 5.41 Å². The number of benzene rings is 10. The van der Waals surface area contributed by atoms with Crippen LogP contribution in [0.3, 0.4) is 0 Å². The van der Waals surface area contributed by atoms with Gasteiger partial charge in [0.2, 0.25) is 0 Å². The van der Waals surface area contributed by atoms with Crippen LogP contribution in [0.15, 0.2) is 299 Å². The molecule has 0 aliphatic heterocycles. The molecule has 0 saturated carbocycles. The maximum Gasteiger partial charge on any atom is 0.149 e. The molecule has 0 bridgehead atoms. The predicted octanol–water partition coefficient (Wildman–Crippen LogP) is 12.9. The molecule has 90 heavy (non-hydrogen) atoms. The summed E-state index contributed by atoms with van der Waals surface area (Å²) in [4.78, 5) is 4.98. The van der Waals surface area contributed by atoms with Crippen molar-refractivity contribution in [1.82, 2.24) is 4.57 Å². The molecule has 11 heteroatoms. The average Bonchev–Trinajstić information content (AvgIpc) is 1.53. The maximum absolute atomic E-state index is 6.12. The summed E-state index contributed by atoms with van der Waals surface area (Å²) in [5.74, 6) is 5.93. The van der Waals surface area contributed by atoms with Crippen molar-refractivity contribution >= 4 is 113 Å². The van der Waals surface area contributed by atoms with Crippen LogP contribution >= 0.6 is 11.3 Å². The number of fused-ring (bicyclic) bond motifs is 6. The fourth-order valence-electron chi connectivity index (χ4n) is 13.7. The molecule has 1 aliphatic carbocycles. The first-order valence-electron chi connectivity index (χ1n) is 31.2. The van der Waals surface area contributed by atoms with Crippen molar-refractivity contribution in [2.24, 2.45) is 0 Å². The second-order valence-corrected chi connectivity index (χ2v) is 25.3. The number of aromatic nitrogens is 1. The Labute approximate surface area is 542 Å². The summed E-state index contributed by atoms with van der Waals surface area (Å²) in [7, 11) is 17.7. The third kappa shape index (κ3) is 10.8. The number of anilines is 3. The number of allylic oxidation sites excluding steroid dienone is 8. The molecule has 0 saturated heterocycles. The second kappa shape index (κ2) is 24.9. The Bertz CT molecular complexity index is 4890. The number of thiophene rings is 1. The van der Waals surface area contributed by atoms with E-state index in [0.717, 1.165) is 68.6 Å². The molecule has 0 fully saturated rings. The van der Waals surface area contributed by atoms with E-state index in [1.807, 2.05) is 11.3 Å². The molecule has 2 aromatic heterocycles. The average molecular weight is 1160 g/mol. The highest BCUT2D eigenvalue weighted by atomic mass is 32.1. The van der Waals surface area contributed by atoms with Crippen LogP contribution in [0.4, 0.5) is 17.1 Å². The van der Waals surface area contributed by atoms with Gasteiger partial charge in [-0.3, -0.25) is 0 Å². The number of nitrogens with zero attached hydrogens (tertiary/aromatic N) is 2. The Kier molecular flexibility index (Phi) is 16.4. The zero-order valence-electron chi connectivity index (χ0n) is 52.6. The van der Waals surface area contributed by atoms with Gasteiger partial charge in [-0.25, -0.2) is 0 Å². The molecule has 12 aromatic rings. The molecular formula is C79H64B8N2S. The number of terminal acetylenes is 2. The maximum atomic E-state index is 6.12. The van der Waals surface area contributed by atoms with Crippen LogP contribution in [0.2, 0.25) is 0 Å². The lowest BCUT2D eigenvalue weighted by molar-refractivity contribution is 0.535. The van der Waals surface area contributed by atoms with Gasteiger partial charge >= 0.3 is 0 Å². The smallest absolute Gasteiger partial charge is 0.149 e. The molecule has 0 atom stereocenters. The fourth-order valence-corrected chi connectivity index (χ4v) is 15.1. The molecule has 13 rings (SSSR count). The lowest BCUT2D eigenvalue weighted by atomic mass is 9.57. The van der Waals surface area contributed by atoms with Gasteiger partial charge in [-0.1, -0.05) is 205 Å². The normalized spacial score (nSPS) is 14.5. The van der Waals surface area contributed by atoms with E-state index < -0.39 is 5.41 Å². The quantitative estimate of drug-likeness (QED) is 0.0564. The van der Waals surface area contributed by atoms with Crippen LogP contribution in [0.25, 0.3) is 92.9 Å². The molecule has 0 amide bonds. The SMILES string of the molecule is B/C(C#C)=C(B)/C(B)=C(/B)CC1(C/C(B)=C(B)\C(B)=C(\B)C#C)c2cc(-c3ccc(N(c4ccc(-c5ccccc5)cc4)c4ccc(-c5ccc6c(c5)c5ccccc5n6-c5ccccc5)cc4)cc3)ccc2-c2c(-c3ccccc3)sc(-c3ccccc3)c21. The topological polar surface area (TPSA) is 8.17 Å². The molecule has 2 heterocycles. The molecule has 0 spiro atoms. The Morgan fingerprint density at radius 2 is 0.789 bits per heavy atom. The molecular weight excluding hydrogens is 1100 g/mol. The summed E-state index contributed by atoms with van der Waals surface area (Å²) >= 11 is 1.93. The lowest BCUT2D eigenvalue weighted by Crippen LogP contribution is -2.29. The Morgan fingerprint density at radius 1 is 0.389 bits per heavy atom. The fraction of sp³-hybridized carbons (Fsp3) is 0.0380. The van der Waals surface area contributed by atoms with Gasteiger partial charge in [0.25, 0.3) is 0 Å². The summed E-state index contributed by atoms with van der Waals surface area (Å²) in [6.45, 7) is 0. The second-order valence-electron chi connectivity index (χ2n) is 24.3. The molecule has 1 aliphatic rings. The monoisotopic (exact) mass is 1160 g/mol. The van der Waals surface area contributed by atoms with Crippen molar-refractivity contribution in [1.29, 1.82) is 0 Å². The summed E-state index contributed by atoms with van der Waals surface area (Å²) in [6, 6.07) is 93.5.